The van der Waals surface area contributed by atoms with Crippen molar-refractivity contribution in [2.45, 2.75) is 77.5 Å². The first-order valence-corrected chi connectivity index (χ1v) is 13.3. The lowest BCUT2D eigenvalue weighted by atomic mass is 9.95. The first kappa shape index (κ1) is 25.1. The van der Waals surface area contributed by atoms with Gasteiger partial charge in [-0.3, -0.25) is 9.69 Å². The number of ether oxygens (including phenoxy) is 1. The van der Waals surface area contributed by atoms with Gasteiger partial charge >= 0.3 is 0 Å². The maximum Gasteiger partial charge on any atom is 0.252 e. The molecule has 1 unspecified atom stereocenters. The number of pyridine rings is 1. The van der Waals surface area contributed by atoms with Crippen molar-refractivity contribution in [1.29, 1.82) is 0 Å². The third-order valence-corrected chi connectivity index (χ3v) is 7.56. The topological polar surface area (TPSA) is 88.9 Å². The number of aryl methyl sites for hydroxylation is 1. The number of nitrogens with one attached hydrogen (secondary N) is 1. The Kier molecular flexibility index (Phi) is 7.65. The van der Waals surface area contributed by atoms with Crippen LogP contribution in [-0.4, -0.2) is 37.2 Å². The Morgan fingerprint density at radius 1 is 1.08 bits per heavy atom. The number of tetrazole rings is 1. The minimum atomic E-state index is -0.0560. The molecule has 0 aliphatic heterocycles. The highest BCUT2D eigenvalue weighted by Gasteiger charge is 2.29. The molecule has 8 heteroatoms. The molecular formula is C29H36N6O2. The van der Waals surface area contributed by atoms with E-state index < -0.39 is 0 Å². The second kappa shape index (κ2) is 11.3. The van der Waals surface area contributed by atoms with Crippen molar-refractivity contribution < 1.29 is 4.74 Å². The molecule has 1 atom stereocenters. The number of aromatic amines is 1. The van der Waals surface area contributed by atoms with E-state index in [9.17, 15) is 4.79 Å². The molecule has 1 fully saturated rings. The van der Waals surface area contributed by atoms with Gasteiger partial charge in [0.1, 0.15) is 5.75 Å². The highest BCUT2D eigenvalue weighted by molar-refractivity contribution is 5.79. The summed E-state index contributed by atoms with van der Waals surface area (Å²) in [6.07, 6.45) is 6.74. The summed E-state index contributed by atoms with van der Waals surface area (Å²) in [6, 6.07) is 16.6. The lowest BCUT2D eigenvalue weighted by Crippen LogP contribution is -2.33. The van der Waals surface area contributed by atoms with E-state index in [1.807, 2.05) is 31.2 Å². The van der Waals surface area contributed by atoms with Crippen molar-refractivity contribution in [2.24, 2.45) is 0 Å². The molecule has 0 spiro atoms. The van der Waals surface area contributed by atoms with E-state index in [2.05, 4.69) is 61.3 Å². The summed E-state index contributed by atoms with van der Waals surface area (Å²) >= 11 is 0. The van der Waals surface area contributed by atoms with Crippen LogP contribution in [0, 0.1) is 6.92 Å². The van der Waals surface area contributed by atoms with Crippen molar-refractivity contribution in [3.05, 3.63) is 81.4 Å². The van der Waals surface area contributed by atoms with Crippen molar-refractivity contribution >= 4 is 10.9 Å². The van der Waals surface area contributed by atoms with Crippen LogP contribution in [0.25, 0.3) is 10.9 Å². The van der Waals surface area contributed by atoms with Crippen molar-refractivity contribution in [2.75, 3.05) is 7.11 Å². The Hall–Kier alpha value is -3.52. The SMILES string of the molecule is CCC(c1nnnn1C1CCCCC1)N(Cc1ccc(OC)cc1)Cc1cc2ccc(C)cc2[nH]c1=O. The van der Waals surface area contributed by atoms with E-state index in [-0.39, 0.29) is 11.6 Å². The van der Waals surface area contributed by atoms with Gasteiger partial charge in [-0.25, -0.2) is 4.68 Å². The molecule has 0 radical (unpaired) electrons. The van der Waals surface area contributed by atoms with Crippen LogP contribution < -0.4 is 10.3 Å². The predicted molar refractivity (Wildman–Crippen MR) is 145 cm³/mol. The van der Waals surface area contributed by atoms with E-state index in [1.165, 1.54) is 19.3 Å². The minimum Gasteiger partial charge on any atom is -0.497 e. The van der Waals surface area contributed by atoms with Gasteiger partial charge in [0.25, 0.3) is 5.56 Å². The third-order valence-electron chi connectivity index (χ3n) is 7.56. The Balaban J connectivity index is 1.51. The molecule has 0 saturated heterocycles. The molecule has 1 aliphatic rings. The summed E-state index contributed by atoms with van der Waals surface area (Å²) < 4.78 is 7.41. The number of rotatable bonds is 9. The summed E-state index contributed by atoms with van der Waals surface area (Å²) in [6.45, 7) is 5.34. The quantitative estimate of drug-likeness (QED) is 0.327. The molecule has 0 amide bonds. The maximum absolute atomic E-state index is 13.2. The summed E-state index contributed by atoms with van der Waals surface area (Å²) in [7, 11) is 1.67. The van der Waals surface area contributed by atoms with Crippen LogP contribution in [0.5, 0.6) is 5.75 Å². The van der Waals surface area contributed by atoms with E-state index in [1.54, 1.807) is 7.11 Å². The standard InChI is InChI=1S/C29H36N6O2/c1-4-27(28-31-32-33-35(28)24-8-6-5-7-9-24)34(18-21-11-14-25(37-3)15-12-21)19-23-17-22-13-10-20(2)16-26(22)30-29(23)36/h10-17,24,27H,4-9,18-19H2,1-3H3,(H,30,36). The fourth-order valence-corrected chi connectivity index (χ4v) is 5.55. The first-order chi connectivity index (χ1) is 18.1. The van der Waals surface area contributed by atoms with Crippen LogP contribution >= 0.6 is 0 Å². The van der Waals surface area contributed by atoms with Gasteiger partial charge in [-0.1, -0.05) is 50.5 Å². The molecule has 2 aromatic carbocycles. The Morgan fingerprint density at radius 3 is 2.59 bits per heavy atom. The monoisotopic (exact) mass is 500 g/mol. The molecule has 194 valence electrons. The second-order valence-corrected chi connectivity index (χ2v) is 10.2. The first-order valence-electron chi connectivity index (χ1n) is 13.3. The Bertz CT molecular complexity index is 1390. The zero-order chi connectivity index (χ0) is 25.8. The minimum absolute atomic E-state index is 0.0351. The fraction of sp³-hybridized carbons (Fsp3) is 0.448. The molecule has 8 nitrogen and oxygen atoms in total. The van der Waals surface area contributed by atoms with Crippen LogP contribution in [0.4, 0.5) is 0 Å². The smallest absolute Gasteiger partial charge is 0.252 e. The molecular weight excluding hydrogens is 464 g/mol. The van der Waals surface area contributed by atoms with Crippen LogP contribution in [0.3, 0.4) is 0 Å². The summed E-state index contributed by atoms with van der Waals surface area (Å²) in [4.78, 5) is 18.6. The largest absolute Gasteiger partial charge is 0.497 e. The average Bonchev–Trinajstić information content (AvgIpc) is 3.40. The normalized spacial score (nSPS) is 15.4. The number of hydrogen-bond acceptors (Lipinski definition) is 6. The number of fused-ring (bicyclic) bond motifs is 1. The summed E-state index contributed by atoms with van der Waals surface area (Å²) in [5, 5.41) is 14.1. The number of hydrogen-bond donors (Lipinski definition) is 1. The van der Waals surface area contributed by atoms with E-state index >= 15 is 0 Å². The van der Waals surface area contributed by atoms with Gasteiger partial charge in [-0.05, 0) is 77.4 Å². The highest BCUT2D eigenvalue weighted by Crippen LogP contribution is 2.33. The zero-order valence-electron chi connectivity index (χ0n) is 22.0. The van der Waals surface area contributed by atoms with Crippen molar-refractivity contribution in [1.82, 2.24) is 30.1 Å². The molecule has 2 aromatic heterocycles. The van der Waals surface area contributed by atoms with E-state index in [0.717, 1.165) is 58.4 Å². The molecule has 1 aliphatic carbocycles. The van der Waals surface area contributed by atoms with Gasteiger partial charge in [-0.15, -0.1) is 5.10 Å². The van der Waals surface area contributed by atoms with Crippen LogP contribution in [0.1, 0.15) is 80.0 Å². The Morgan fingerprint density at radius 2 is 1.86 bits per heavy atom. The number of nitrogens with zero attached hydrogens (tertiary/aromatic N) is 5. The molecule has 4 aromatic rings. The lowest BCUT2D eigenvalue weighted by Gasteiger charge is -2.32. The molecule has 0 bridgehead atoms. The third kappa shape index (κ3) is 5.59. The molecule has 5 rings (SSSR count). The van der Waals surface area contributed by atoms with Gasteiger partial charge in [0.2, 0.25) is 0 Å². The van der Waals surface area contributed by atoms with Crippen LogP contribution in [-0.2, 0) is 13.1 Å². The van der Waals surface area contributed by atoms with Gasteiger partial charge in [0.15, 0.2) is 5.82 Å². The Labute approximate surface area is 217 Å². The van der Waals surface area contributed by atoms with Gasteiger partial charge in [-0.2, -0.15) is 0 Å². The number of aromatic nitrogens is 5. The van der Waals surface area contributed by atoms with Crippen LogP contribution in [0.15, 0.2) is 53.3 Å². The van der Waals surface area contributed by atoms with E-state index in [4.69, 9.17) is 4.74 Å². The van der Waals surface area contributed by atoms with Gasteiger partial charge < -0.3 is 9.72 Å². The lowest BCUT2D eigenvalue weighted by molar-refractivity contribution is 0.155. The van der Waals surface area contributed by atoms with E-state index in [0.29, 0.717) is 19.1 Å². The molecule has 1 saturated carbocycles. The number of H-pyrrole nitrogens is 1. The van der Waals surface area contributed by atoms with Crippen molar-refractivity contribution in [3.8, 4) is 5.75 Å². The molecule has 1 N–H and O–H groups in total. The number of methoxy groups -OCH3 is 1. The highest BCUT2D eigenvalue weighted by atomic mass is 16.5. The average molecular weight is 501 g/mol. The second-order valence-electron chi connectivity index (χ2n) is 10.2. The fourth-order valence-electron chi connectivity index (χ4n) is 5.55. The predicted octanol–water partition coefficient (Wildman–Crippen LogP) is 5.49. The maximum atomic E-state index is 13.2. The molecule has 2 heterocycles. The molecule has 37 heavy (non-hydrogen) atoms. The summed E-state index contributed by atoms with van der Waals surface area (Å²) in [5.74, 6) is 1.71. The van der Waals surface area contributed by atoms with Crippen molar-refractivity contribution in [3.63, 3.8) is 0 Å². The zero-order valence-corrected chi connectivity index (χ0v) is 22.0. The van der Waals surface area contributed by atoms with Gasteiger partial charge in [0, 0.05) is 24.2 Å². The number of benzene rings is 2. The van der Waals surface area contributed by atoms with Gasteiger partial charge in [0.05, 0.1) is 19.2 Å². The summed E-state index contributed by atoms with van der Waals surface area (Å²) in [5.41, 5.74) is 3.81. The van der Waals surface area contributed by atoms with Crippen LogP contribution in [0.2, 0.25) is 0 Å².